The fraction of sp³-hybridized carbons (Fsp3) is 0.333. The first-order valence-corrected chi connectivity index (χ1v) is 7.88. The molecular formula is C15H15Cl2F2N3O2. The van der Waals surface area contributed by atoms with Crippen LogP contribution in [0, 0.1) is 0 Å². The van der Waals surface area contributed by atoms with Gasteiger partial charge >= 0.3 is 0 Å². The zero-order chi connectivity index (χ0) is 17.5. The molecule has 1 heterocycles. The predicted molar refractivity (Wildman–Crippen MR) is 88.1 cm³/mol. The maximum absolute atomic E-state index is 12.2. The molecule has 1 N–H and O–H groups in total. The Bertz CT molecular complexity index is 695. The molecule has 0 saturated carbocycles. The summed E-state index contributed by atoms with van der Waals surface area (Å²) in [5.74, 6) is 0.243. The highest BCUT2D eigenvalue weighted by Gasteiger charge is 2.08. The Morgan fingerprint density at radius 2 is 2.17 bits per heavy atom. The number of carbonyl (C=O) groups excluding carboxylic acids is 1. The summed E-state index contributed by atoms with van der Waals surface area (Å²) in [4.78, 5) is 11.8. The number of nitrogens with one attached hydrogen (secondary N) is 1. The van der Waals surface area contributed by atoms with Crippen LogP contribution in [0.2, 0.25) is 10.0 Å². The van der Waals surface area contributed by atoms with Crippen molar-refractivity contribution >= 4 is 34.8 Å². The maximum atomic E-state index is 12.2. The standard InChI is InChI=1S/C15H15Cl2F2N3O2/c16-10-3-4-13(12(17)6-10)24-5-1-2-15(23)21-11-7-20-22(8-11)9-14(18)19/h3-4,6-8,14H,1-2,5,9H2,(H,21,23). The topological polar surface area (TPSA) is 56.1 Å². The lowest BCUT2D eigenvalue weighted by Gasteiger charge is -2.08. The Morgan fingerprint density at radius 3 is 2.88 bits per heavy atom. The molecule has 2 rings (SSSR count). The third-order valence-corrected chi connectivity index (χ3v) is 3.47. The van der Waals surface area contributed by atoms with Crippen LogP contribution in [0.25, 0.3) is 0 Å². The second-order valence-corrected chi connectivity index (χ2v) is 5.76. The highest BCUT2D eigenvalue weighted by molar-refractivity contribution is 6.35. The summed E-state index contributed by atoms with van der Waals surface area (Å²) in [5.41, 5.74) is 0.377. The van der Waals surface area contributed by atoms with Crippen molar-refractivity contribution in [3.8, 4) is 5.75 Å². The number of hydrogen-bond acceptors (Lipinski definition) is 3. The molecule has 1 amide bonds. The van der Waals surface area contributed by atoms with Crippen molar-refractivity contribution in [2.75, 3.05) is 11.9 Å². The van der Waals surface area contributed by atoms with Gasteiger partial charge < -0.3 is 10.1 Å². The highest BCUT2D eigenvalue weighted by atomic mass is 35.5. The van der Waals surface area contributed by atoms with Gasteiger partial charge in [0, 0.05) is 17.6 Å². The number of nitrogens with zero attached hydrogens (tertiary/aromatic N) is 2. The first kappa shape index (κ1) is 18.5. The minimum absolute atomic E-state index is 0.214. The van der Waals surface area contributed by atoms with E-state index in [1.54, 1.807) is 18.2 Å². The monoisotopic (exact) mass is 377 g/mol. The first-order valence-electron chi connectivity index (χ1n) is 7.12. The normalized spacial score (nSPS) is 10.9. The Kier molecular flexibility index (Phi) is 6.81. The molecule has 1 aromatic heterocycles. The van der Waals surface area contributed by atoms with Gasteiger partial charge in [-0.3, -0.25) is 9.48 Å². The quantitative estimate of drug-likeness (QED) is 0.699. The highest BCUT2D eigenvalue weighted by Crippen LogP contribution is 2.27. The van der Waals surface area contributed by atoms with Crippen molar-refractivity contribution in [2.24, 2.45) is 0 Å². The lowest BCUT2D eigenvalue weighted by Crippen LogP contribution is -2.12. The molecular weight excluding hydrogens is 363 g/mol. The molecule has 9 heteroatoms. The van der Waals surface area contributed by atoms with Gasteiger partial charge in [0.25, 0.3) is 6.43 Å². The lowest BCUT2D eigenvalue weighted by molar-refractivity contribution is -0.116. The first-order chi connectivity index (χ1) is 11.4. The van der Waals surface area contributed by atoms with Gasteiger partial charge in [-0.05, 0) is 24.6 Å². The van der Waals surface area contributed by atoms with Crippen LogP contribution in [0.15, 0.2) is 30.6 Å². The van der Waals surface area contributed by atoms with E-state index in [4.69, 9.17) is 27.9 Å². The largest absolute Gasteiger partial charge is 0.492 e. The Morgan fingerprint density at radius 1 is 1.38 bits per heavy atom. The SMILES string of the molecule is O=C(CCCOc1ccc(Cl)cc1Cl)Nc1cnn(CC(F)F)c1. The van der Waals surface area contributed by atoms with Crippen LogP contribution in [0.3, 0.4) is 0 Å². The zero-order valence-corrected chi connectivity index (χ0v) is 14.0. The fourth-order valence-corrected chi connectivity index (χ4v) is 2.36. The van der Waals surface area contributed by atoms with E-state index in [2.05, 4.69) is 10.4 Å². The van der Waals surface area contributed by atoms with Gasteiger partial charge in [-0.15, -0.1) is 0 Å². The summed E-state index contributed by atoms with van der Waals surface area (Å²) in [5, 5.41) is 7.24. The minimum atomic E-state index is -2.50. The number of hydrogen-bond donors (Lipinski definition) is 1. The summed E-state index contributed by atoms with van der Waals surface area (Å²) >= 11 is 11.8. The Labute approximate surface area is 147 Å². The van der Waals surface area contributed by atoms with Crippen molar-refractivity contribution in [1.29, 1.82) is 0 Å². The number of halogens is 4. The molecule has 0 unspecified atom stereocenters. The third kappa shape index (κ3) is 5.98. The van der Waals surface area contributed by atoms with Crippen molar-refractivity contribution in [1.82, 2.24) is 9.78 Å². The molecule has 1 aromatic carbocycles. The van der Waals surface area contributed by atoms with E-state index in [1.165, 1.54) is 12.4 Å². The average Bonchev–Trinajstić information content (AvgIpc) is 2.91. The number of anilines is 1. The molecule has 0 radical (unpaired) electrons. The summed E-state index contributed by atoms with van der Waals surface area (Å²) < 4.78 is 31.0. The molecule has 130 valence electrons. The van der Waals surface area contributed by atoms with Gasteiger partial charge in [0.1, 0.15) is 12.3 Å². The van der Waals surface area contributed by atoms with E-state index in [1.807, 2.05) is 0 Å². The van der Waals surface area contributed by atoms with Crippen molar-refractivity contribution < 1.29 is 18.3 Å². The van der Waals surface area contributed by atoms with Crippen LogP contribution in [0.4, 0.5) is 14.5 Å². The number of aromatic nitrogens is 2. The van der Waals surface area contributed by atoms with Gasteiger partial charge in [-0.1, -0.05) is 23.2 Å². The number of rotatable bonds is 8. The number of benzene rings is 1. The lowest BCUT2D eigenvalue weighted by atomic mass is 10.3. The summed E-state index contributed by atoms with van der Waals surface area (Å²) in [7, 11) is 0. The molecule has 24 heavy (non-hydrogen) atoms. The molecule has 5 nitrogen and oxygen atoms in total. The van der Waals surface area contributed by atoms with Crippen LogP contribution in [-0.2, 0) is 11.3 Å². The van der Waals surface area contributed by atoms with Crippen LogP contribution in [0.1, 0.15) is 12.8 Å². The maximum Gasteiger partial charge on any atom is 0.257 e. The van der Waals surface area contributed by atoms with E-state index >= 15 is 0 Å². The van der Waals surface area contributed by atoms with Crippen LogP contribution < -0.4 is 10.1 Å². The van der Waals surface area contributed by atoms with Crippen molar-refractivity contribution in [3.05, 3.63) is 40.6 Å². The minimum Gasteiger partial charge on any atom is -0.492 e. The summed E-state index contributed by atoms with van der Waals surface area (Å²) in [6.45, 7) is -0.203. The second-order valence-electron chi connectivity index (χ2n) is 4.92. The number of alkyl halides is 2. The third-order valence-electron chi connectivity index (χ3n) is 2.94. The molecule has 0 saturated heterocycles. The fourth-order valence-electron chi connectivity index (χ4n) is 1.90. The number of carbonyl (C=O) groups is 1. The van der Waals surface area contributed by atoms with Crippen LogP contribution in [-0.4, -0.2) is 28.7 Å². The van der Waals surface area contributed by atoms with E-state index in [-0.39, 0.29) is 12.3 Å². The molecule has 0 atom stereocenters. The van der Waals surface area contributed by atoms with E-state index in [9.17, 15) is 13.6 Å². The van der Waals surface area contributed by atoms with Crippen LogP contribution in [0.5, 0.6) is 5.75 Å². The smallest absolute Gasteiger partial charge is 0.257 e. The Hall–Kier alpha value is -1.86. The molecule has 0 aliphatic rings. The van der Waals surface area contributed by atoms with Crippen LogP contribution >= 0.6 is 23.2 Å². The zero-order valence-electron chi connectivity index (χ0n) is 12.5. The van der Waals surface area contributed by atoms with E-state index in [0.717, 1.165) is 4.68 Å². The van der Waals surface area contributed by atoms with E-state index in [0.29, 0.717) is 34.5 Å². The molecule has 0 spiro atoms. The Balaban J connectivity index is 1.70. The number of amides is 1. The molecule has 2 aromatic rings. The van der Waals surface area contributed by atoms with Crippen molar-refractivity contribution in [3.63, 3.8) is 0 Å². The van der Waals surface area contributed by atoms with Gasteiger partial charge in [-0.25, -0.2) is 8.78 Å². The number of ether oxygens (including phenoxy) is 1. The molecule has 0 aliphatic carbocycles. The van der Waals surface area contributed by atoms with Gasteiger partial charge in [-0.2, -0.15) is 5.10 Å². The summed E-state index contributed by atoms with van der Waals surface area (Å²) in [6, 6.07) is 4.89. The average molecular weight is 378 g/mol. The van der Waals surface area contributed by atoms with Gasteiger partial charge in [0.2, 0.25) is 5.91 Å². The van der Waals surface area contributed by atoms with Crippen molar-refractivity contribution in [2.45, 2.75) is 25.8 Å². The van der Waals surface area contributed by atoms with Gasteiger partial charge in [0.05, 0.1) is 23.5 Å². The molecule has 0 aliphatic heterocycles. The second kappa shape index (κ2) is 8.84. The van der Waals surface area contributed by atoms with Gasteiger partial charge in [0.15, 0.2) is 0 Å². The molecule has 0 fully saturated rings. The molecule has 0 bridgehead atoms. The predicted octanol–water partition coefficient (Wildman–Crippen LogP) is 4.25. The van der Waals surface area contributed by atoms with E-state index < -0.39 is 13.0 Å². The summed E-state index contributed by atoms with van der Waals surface area (Å²) in [6.07, 6.45) is 0.866.